The molecule has 5 rings (SSSR count). The molecule has 1 atom stereocenters. The summed E-state index contributed by atoms with van der Waals surface area (Å²) in [6.07, 6.45) is 1.96. The zero-order valence-corrected chi connectivity index (χ0v) is 14.5. The molecule has 1 saturated heterocycles. The summed E-state index contributed by atoms with van der Waals surface area (Å²) in [5.74, 6) is -1.32. The molecule has 1 fully saturated rings. The van der Waals surface area contributed by atoms with Crippen LogP contribution in [0.2, 0.25) is 0 Å². The second-order valence-electron chi connectivity index (χ2n) is 6.70. The molecule has 0 bridgehead atoms. The normalized spacial score (nSPS) is 17.0. The fraction of sp³-hybridized carbons (Fsp3) is 0.150. The molecule has 0 radical (unpaired) electrons. The number of benzene rings is 2. The zero-order valence-electron chi connectivity index (χ0n) is 14.5. The quantitative estimate of drug-likeness (QED) is 0.583. The van der Waals surface area contributed by atoms with Crippen molar-refractivity contribution < 1.29 is 18.1 Å². The fourth-order valence-corrected chi connectivity index (χ4v) is 3.60. The number of hydrogen-bond acceptors (Lipinski definition) is 4. The molecule has 4 aromatic rings. The number of hydrogen-bond donors (Lipinski definition) is 1. The second kappa shape index (κ2) is 6.26. The molecule has 0 saturated carbocycles. The van der Waals surface area contributed by atoms with Crippen molar-refractivity contribution in [2.75, 3.05) is 11.4 Å². The van der Waals surface area contributed by atoms with E-state index in [2.05, 4.69) is 15.1 Å². The van der Waals surface area contributed by atoms with E-state index in [9.17, 15) is 13.6 Å². The molecular weight excluding hydrogens is 366 g/mol. The van der Waals surface area contributed by atoms with Crippen LogP contribution in [0.5, 0.6) is 0 Å². The van der Waals surface area contributed by atoms with E-state index in [1.54, 1.807) is 0 Å². The van der Waals surface area contributed by atoms with E-state index in [-0.39, 0.29) is 30.5 Å². The van der Waals surface area contributed by atoms with Crippen molar-refractivity contribution in [1.82, 2.24) is 15.1 Å². The smallest absolute Gasteiger partial charge is 0.258 e. The third-order valence-electron chi connectivity index (χ3n) is 4.96. The number of fused-ring (bicyclic) bond motifs is 1. The number of amides is 1. The van der Waals surface area contributed by atoms with Crippen molar-refractivity contribution >= 4 is 22.5 Å². The van der Waals surface area contributed by atoms with Gasteiger partial charge in [0, 0.05) is 47.6 Å². The maximum atomic E-state index is 14.1. The number of aromatic nitrogens is 3. The summed E-state index contributed by atoms with van der Waals surface area (Å²) in [6.45, 7) is 0.203. The minimum absolute atomic E-state index is 0.0507. The Labute approximate surface area is 157 Å². The minimum Gasteiger partial charge on any atom is -0.361 e. The largest absolute Gasteiger partial charge is 0.361 e. The van der Waals surface area contributed by atoms with Crippen LogP contribution in [0.4, 0.5) is 14.5 Å². The van der Waals surface area contributed by atoms with Crippen LogP contribution in [0.1, 0.15) is 18.2 Å². The van der Waals surface area contributed by atoms with Crippen molar-refractivity contribution in [3.63, 3.8) is 0 Å². The van der Waals surface area contributed by atoms with Gasteiger partial charge in [0.15, 0.2) is 5.82 Å². The Balaban J connectivity index is 1.44. The van der Waals surface area contributed by atoms with Crippen LogP contribution < -0.4 is 4.90 Å². The SMILES string of the molecule is O=C1CC(c2noc(-c3cccc4[nH]ccc34)n2)CN1c1ccc(F)cc1F. The van der Waals surface area contributed by atoms with Crippen LogP contribution in [0.15, 0.2) is 53.2 Å². The fourth-order valence-electron chi connectivity index (χ4n) is 3.60. The first-order valence-electron chi connectivity index (χ1n) is 8.75. The van der Waals surface area contributed by atoms with E-state index in [0.717, 1.165) is 28.6 Å². The number of carbonyl (C=O) groups excluding carboxylic acids is 1. The minimum atomic E-state index is -0.776. The number of H-pyrrole nitrogens is 1. The lowest BCUT2D eigenvalue weighted by Gasteiger charge is -2.16. The molecule has 2 aromatic carbocycles. The number of carbonyl (C=O) groups is 1. The monoisotopic (exact) mass is 380 g/mol. The predicted octanol–water partition coefficient (Wildman–Crippen LogP) is 4.02. The van der Waals surface area contributed by atoms with E-state index in [1.165, 1.54) is 11.0 Å². The lowest BCUT2D eigenvalue weighted by atomic mass is 10.1. The molecule has 8 heteroatoms. The summed E-state index contributed by atoms with van der Waals surface area (Å²) in [5, 5.41) is 4.99. The van der Waals surface area contributed by atoms with Gasteiger partial charge in [-0.25, -0.2) is 8.78 Å². The molecule has 140 valence electrons. The van der Waals surface area contributed by atoms with Crippen LogP contribution in [0.25, 0.3) is 22.4 Å². The summed E-state index contributed by atoms with van der Waals surface area (Å²) in [5.41, 5.74) is 1.80. The van der Waals surface area contributed by atoms with E-state index < -0.39 is 11.6 Å². The van der Waals surface area contributed by atoms with Gasteiger partial charge < -0.3 is 14.4 Å². The Hall–Kier alpha value is -3.55. The first-order chi connectivity index (χ1) is 13.6. The number of rotatable bonds is 3. The number of anilines is 1. The first-order valence-corrected chi connectivity index (χ1v) is 8.75. The number of aromatic amines is 1. The molecule has 1 amide bonds. The van der Waals surface area contributed by atoms with E-state index >= 15 is 0 Å². The highest BCUT2D eigenvalue weighted by Crippen LogP contribution is 2.34. The van der Waals surface area contributed by atoms with Gasteiger partial charge in [-0.1, -0.05) is 11.2 Å². The van der Waals surface area contributed by atoms with Crippen LogP contribution in [0.3, 0.4) is 0 Å². The Bertz CT molecular complexity index is 1200. The molecule has 28 heavy (non-hydrogen) atoms. The van der Waals surface area contributed by atoms with Gasteiger partial charge in [0.05, 0.1) is 5.69 Å². The van der Waals surface area contributed by atoms with Gasteiger partial charge in [-0.15, -0.1) is 0 Å². The lowest BCUT2D eigenvalue weighted by Crippen LogP contribution is -2.25. The average molecular weight is 380 g/mol. The van der Waals surface area contributed by atoms with Gasteiger partial charge in [0.25, 0.3) is 5.89 Å². The number of nitrogens with one attached hydrogen (secondary N) is 1. The molecule has 1 aliphatic rings. The standard InChI is InChI=1S/C20H14F2N4O2/c21-12-4-5-17(15(22)9-12)26-10-11(8-18(26)27)19-24-20(28-25-19)14-2-1-3-16-13(14)6-7-23-16/h1-7,9,11,23H,8,10H2. The average Bonchev–Trinajstić information content (AvgIpc) is 3.40. The highest BCUT2D eigenvalue weighted by molar-refractivity contribution is 5.96. The summed E-state index contributed by atoms with van der Waals surface area (Å²) in [4.78, 5) is 21.3. The van der Waals surface area contributed by atoms with Crippen LogP contribution in [-0.4, -0.2) is 27.6 Å². The zero-order chi connectivity index (χ0) is 19.3. The molecule has 1 unspecified atom stereocenters. The van der Waals surface area contributed by atoms with Gasteiger partial charge >= 0.3 is 0 Å². The third kappa shape index (κ3) is 2.65. The van der Waals surface area contributed by atoms with Crippen LogP contribution in [0, 0.1) is 11.6 Å². The molecular formula is C20H14F2N4O2. The highest BCUT2D eigenvalue weighted by Gasteiger charge is 2.36. The van der Waals surface area contributed by atoms with Crippen molar-refractivity contribution in [3.05, 3.63) is 66.1 Å². The van der Waals surface area contributed by atoms with Gasteiger partial charge in [0.1, 0.15) is 11.6 Å². The first kappa shape index (κ1) is 16.6. The van der Waals surface area contributed by atoms with Crippen molar-refractivity contribution in [3.8, 4) is 11.5 Å². The second-order valence-corrected chi connectivity index (χ2v) is 6.70. The maximum absolute atomic E-state index is 14.1. The molecule has 1 N–H and O–H groups in total. The van der Waals surface area contributed by atoms with Crippen molar-refractivity contribution in [2.45, 2.75) is 12.3 Å². The lowest BCUT2D eigenvalue weighted by molar-refractivity contribution is -0.117. The van der Waals surface area contributed by atoms with Crippen molar-refractivity contribution in [1.29, 1.82) is 0 Å². The molecule has 2 aromatic heterocycles. The summed E-state index contributed by atoms with van der Waals surface area (Å²) < 4.78 is 32.6. The molecule has 0 spiro atoms. The molecule has 3 heterocycles. The summed E-state index contributed by atoms with van der Waals surface area (Å²) in [7, 11) is 0. The predicted molar refractivity (Wildman–Crippen MR) is 97.7 cm³/mol. The Kier molecular flexibility index (Phi) is 3.71. The summed E-state index contributed by atoms with van der Waals surface area (Å²) in [6, 6.07) is 10.8. The number of nitrogens with zero attached hydrogens (tertiary/aromatic N) is 3. The molecule has 0 aliphatic carbocycles. The molecule has 6 nitrogen and oxygen atoms in total. The van der Waals surface area contributed by atoms with Gasteiger partial charge in [-0.05, 0) is 30.3 Å². The Morgan fingerprint density at radius 1 is 1.18 bits per heavy atom. The van der Waals surface area contributed by atoms with Gasteiger partial charge in [0.2, 0.25) is 5.91 Å². The van der Waals surface area contributed by atoms with Crippen molar-refractivity contribution in [2.24, 2.45) is 0 Å². The Morgan fingerprint density at radius 3 is 2.93 bits per heavy atom. The van der Waals surface area contributed by atoms with Crippen LogP contribution >= 0.6 is 0 Å². The number of halogens is 2. The van der Waals surface area contributed by atoms with E-state index in [4.69, 9.17) is 4.52 Å². The van der Waals surface area contributed by atoms with E-state index in [1.807, 2.05) is 30.5 Å². The Morgan fingerprint density at radius 2 is 2.07 bits per heavy atom. The van der Waals surface area contributed by atoms with E-state index in [0.29, 0.717) is 11.7 Å². The topological polar surface area (TPSA) is 75.0 Å². The molecule has 1 aliphatic heterocycles. The maximum Gasteiger partial charge on any atom is 0.258 e. The third-order valence-corrected chi connectivity index (χ3v) is 4.96. The van der Waals surface area contributed by atoms with Gasteiger partial charge in [-0.3, -0.25) is 4.79 Å². The van der Waals surface area contributed by atoms with Gasteiger partial charge in [-0.2, -0.15) is 4.98 Å². The highest BCUT2D eigenvalue weighted by atomic mass is 19.1. The van der Waals surface area contributed by atoms with Crippen LogP contribution in [-0.2, 0) is 4.79 Å². The summed E-state index contributed by atoms with van der Waals surface area (Å²) >= 11 is 0.